The topological polar surface area (TPSA) is 75.4 Å². The van der Waals surface area contributed by atoms with Crippen LogP contribution in [0.4, 0.5) is 0 Å². The van der Waals surface area contributed by atoms with Crippen LogP contribution in [0, 0.1) is 6.92 Å². The fourth-order valence-electron chi connectivity index (χ4n) is 1.66. The van der Waals surface area contributed by atoms with Gasteiger partial charge in [-0.3, -0.25) is 9.36 Å². The molecule has 0 spiro atoms. The van der Waals surface area contributed by atoms with Crippen molar-refractivity contribution < 1.29 is 10.0 Å². The molecule has 0 aliphatic carbocycles. The summed E-state index contributed by atoms with van der Waals surface area (Å²) in [5.41, 5.74) is 0.392. The second kappa shape index (κ2) is 3.73. The van der Waals surface area contributed by atoms with Gasteiger partial charge in [0.1, 0.15) is 5.82 Å². The van der Waals surface area contributed by atoms with Gasteiger partial charge in [0, 0.05) is 7.05 Å². The minimum atomic E-state index is -1.67. The summed E-state index contributed by atoms with van der Waals surface area (Å²) < 4.78 is 1.38. The molecule has 6 heteroatoms. The van der Waals surface area contributed by atoms with Crippen molar-refractivity contribution in [3.63, 3.8) is 0 Å². The Bertz CT molecular complexity index is 607. The molecule has 1 aromatic carbocycles. The van der Waals surface area contributed by atoms with Crippen LogP contribution in [-0.4, -0.2) is 26.7 Å². The molecule has 0 fully saturated rings. The Hall–Kier alpha value is -1.66. The van der Waals surface area contributed by atoms with E-state index in [-0.39, 0.29) is 16.4 Å². The summed E-state index contributed by atoms with van der Waals surface area (Å²) >= 11 is 0. The summed E-state index contributed by atoms with van der Waals surface area (Å²) in [4.78, 5) is 16.2. The number of fused-ring (bicyclic) bond motifs is 1. The highest BCUT2D eigenvalue weighted by Gasteiger charge is 2.18. The predicted octanol–water partition coefficient (Wildman–Crippen LogP) is -1.08. The zero-order valence-electron chi connectivity index (χ0n) is 9.01. The quantitative estimate of drug-likeness (QED) is 0.597. The molecule has 1 heterocycles. The minimum absolute atomic E-state index is 0.186. The molecule has 16 heavy (non-hydrogen) atoms. The van der Waals surface area contributed by atoms with Crippen LogP contribution in [0.25, 0.3) is 10.9 Å². The molecule has 0 radical (unpaired) electrons. The second-order valence-electron chi connectivity index (χ2n) is 3.64. The average Bonchev–Trinajstić information content (AvgIpc) is 2.25. The number of nitrogens with zero attached hydrogens (tertiary/aromatic N) is 2. The maximum absolute atomic E-state index is 12.0. The lowest BCUT2D eigenvalue weighted by molar-refractivity contribution is 0.426. The van der Waals surface area contributed by atoms with Gasteiger partial charge < -0.3 is 10.0 Å². The van der Waals surface area contributed by atoms with Crippen LogP contribution in [-0.2, 0) is 7.05 Å². The van der Waals surface area contributed by atoms with E-state index in [1.165, 1.54) is 10.6 Å². The summed E-state index contributed by atoms with van der Waals surface area (Å²) in [5, 5.41) is 18.6. The van der Waals surface area contributed by atoms with Crippen LogP contribution in [0.5, 0.6) is 0 Å². The molecule has 2 aromatic rings. The average molecular weight is 218 g/mol. The molecular formula is C10H11BN2O3. The maximum atomic E-state index is 12.0. The van der Waals surface area contributed by atoms with Crippen molar-refractivity contribution in [3.05, 3.63) is 34.4 Å². The molecule has 82 valence electrons. The molecule has 2 N–H and O–H groups in total. The third-order valence-electron chi connectivity index (χ3n) is 2.64. The van der Waals surface area contributed by atoms with Crippen molar-refractivity contribution in [1.82, 2.24) is 9.55 Å². The minimum Gasteiger partial charge on any atom is -0.423 e. The van der Waals surface area contributed by atoms with Crippen molar-refractivity contribution >= 4 is 23.5 Å². The lowest BCUT2D eigenvalue weighted by Gasteiger charge is -2.08. The monoisotopic (exact) mass is 218 g/mol. The van der Waals surface area contributed by atoms with Gasteiger partial charge in [-0.2, -0.15) is 0 Å². The molecule has 2 rings (SSSR count). The van der Waals surface area contributed by atoms with E-state index < -0.39 is 7.12 Å². The third-order valence-corrected chi connectivity index (χ3v) is 2.64. The fraction of sp³-hybridized carbons (Fsp3) is 0.200. The first-order valence-corrected chi connectivity index (χ1v) is 4.84. The van der Waals surface area contributed by atoms with E-state index in [4.69, 9.17) is 0 Å². The first-order valence-electron chi connectivity index (χ1n) is 4.84. The van der Waals surface area contributed by atoms with Crippen molar-refractivity contribution in [1.29, 1.82) is 0 Å². The molecule has 5 nitrogen and oxygen atoms in total. The second-order valence-corrected chi connectivity index (χ2v) is 3.64. The Morgan fingerprint density at radius 3 is 2.69 bits per heavy atom. The number of hydrogen-bond donors (Lipinski definition) is 2. The number of rotatable bonds is 1. The molecular weight excluding hydrogens is 207 g/mol. The standard InChI is InChI=1S/C10H11BN2O3/c1-6-12-8-5-3-4-7(11(15)16)9(8)10(14)13(6)2/h3-5,15-16H,1-2H3. The van der Waals surface area contributed by atoms with Gasteiger partial charge in [-0.25, -0.2) is 4.98 Å². The van der Waals surface area contributed by atoms with Gasteiger partial charge in [-0.15, -0.1) is 0 Å². The molecule has 0 unspecified atom stereocenters. The molecule has 0 amide bonds. The first kappa shape index (κ1) is 10.8. The normalized spacial score (nSPS) is 10.8. The van der Waals surface area contributed by atoms with E-state index in [2.05, 4.69) is 4.98 Å². The maximum Gasteiger partial charge on any atom is 0.489 e. The summed E-state index contributed by atoms with van der Waals surface area (Å²) in [6.45, 7) is 1.73. The largest absolute Gasteiger partial charge is 0.489 e. The van der Waals surface area contributed by atoms with Crippen LogP contribution >= 0.6 is 0 Å². The van der Waals surface area contributed by atoms with Crippen LogP contribution < -0.4 is 11.0 Å². The number of aryl methyl sites for hydroxylation is 1. The number of hydrogen-bond acceptors (Lipinski definition) is 4. The predicted molar refractivity (Wildman–Crippen MR) is 61.5 cm³/mol. The Labute approximate surface area is 92.1 Å². The summed E-state index contributed by atoms with van der Waals surface area (Å²) in [6, 6.07) is 4.82. The van der Waals surface area contributed by atoms with Gasteiger partial charge in [0.25, 0.3) is 5.56 Å². The smallest absolute Gasteiger partial charge is 0.423 e. The molecule has 0 aliphatic rings. The molecule has 0 saturated heterocycles. The van der Waals surface area contributed by atoms with Crippen LogP contribution in [0.2, 0.25) is 0 Å². The van der Waals surface area contributed by atoms with E-state index in [1.54, 1.807) is 26.1 Å². The van der Waals surface area contributed by atoms with E-state index in [1.807, 2.05) is 0 Å². The van der Waals surface area contributed by atoms with Crippen molar-refractivity contribution in [2.24, 2.45) is 7.05 Å². The van der Waals surface area contributed by atoms with Gasteiger partial charge in [0.2, 0.25) is 0 Å². The van der Waals surface area contributed by atoms with Gasteiger partial charge >= 0.3 is 7.12 Å². The Kier molecular flexibility index (Phi) is 2.53. The number of aromatic nitrogens is 2. The van der Waals surface area contributed by atoms with Gasteiger partial charge in [-0.1, -0.05) is 12.1 Å². The Morgan fingerprint density at radius 1 is 1.38 bits per heavy atom. The molecule has 0 atom stereocenters. The summed E-state index contributed by atoms with van der Waals surface area (Å²) in [5.74, 6) is 0.585. The van der Waals surface area contributed by atoms with Crippen LogP contribution in [0.15, 0.2) is 23.0 Å². The van der Waals surface area contributed by atoms with E-state index in [0.29, 0.717) is 11.3 Å². The third kappa shape index (κ3) is 1.52. The van der Waals surface area contributed by atoms with Crippen LogP contribution in [0.3, 0.4) is 0 Å². The molecule has 0 aliphatic heterocycles. The summed E-state index contributed by atoms with van der Waals surface area (Å²) in [6.07, 6.45) is 0. The van der Waals surface area contributed by atoms with Crippen LogP contribution in [0.1, 0.15) is 5.82 Å². The van der Waals surface area contributed by atoms with Gasteiger partial charge in [0.05, 0.1) is 10.9 Å². The SMILES string of the molecule is Cc1nc2cccc(B(O)O)c2c(=O)n1C. The van der Waals surface area contributed by atoms with Gasteiger partial charge in [-0.05, 0) is 18.5 Å². The zero-order chi connectivity index (χ0) is 11.9. The lowest BCUT2D eigenvalue weighted by Crippen LogP contribution is -2.35. The highest BCUT2D eigenvalue weighted by molar-refractivity contribution is 6.61. The Morgan fingerprint density at radius 2 is 2.06 bits per heavy atom. The first-order chi connectivity index (χ1) is 7.52. The number of benzene rings is 1. The fourth-order valence-corrected chi connectivity index (χ4v) is 1.66. The highest BCUT2D eigenvalue weighted by Crippen LogP contribution is 2.05. The van der Waals surface area contributed by atoms with Crippen molar-refractivity contribution in [3.8, 4) is 0 Å². The van der Waals surface area contributed by atoms with Crippen molar-refractivity contribution in [2.75, 3.05) is 0 Å². The molecule has 0 bridgehead atoms. The van der Waals surface area contributed by atoms with E-state index in [9.17, 15) is 14.8 Å². The lowest BCUT2D eigenvalue weighted by atomic mass is 9.78. The van der Waals surface area contributed by atoms with Crippen molar-refractivity contribution in [2.45, 2.75) is 6.92 Å². The molecule has 0 saturated carbocycles. The highest BCUT2D eigenvalue weighted by atomic mass is 16.4. The Balaban J connectivity index is 2.98. The zero-order valence-corrected chi connectivity index (χ0v) is 9.01. The van der Waals surface area contributed by atoms with Gasteiger partial charge in [0.15, 0.2) is 0 Å². The van der Waals surface area contributed by atoms with E-state index >= 15 is 0 Å². The summed E-state index contributed by atoms with van der Waals surface area (Å²) in [7, 11) is -0.0640. The van der Waals surface area contributed by atoms with E-state index in [0.717, 1.165) is 0 Å². The molecule has 1 aromatic heterocycles.